The Morgan fingerprint density at radius 1 is 1.29 bits per heavy atom. The van der Waals surface area contributed by atoms with Gasteiger partial charge in [-0.25, -0.2) is 4.79 Å². The van der Waals surface area contributed by atoms with Crippen LogP contribution >= 0.6 is 0 Å². The number of cyclic esters (lactones) is 1. The minimum absolute atomic E-state index is 0.0385. The van der Waals surface area contributed by atoms with Crippen molar-refractivity contribution < 1.29 is 9.53 Å². The van der Waals surface area contributed by atoms with Gasteiger partial charge in [0.1, 0.15) is 6.10 Å². The van der Waals surface area contributed by atoms with Gasteiger partial charge in [-0.15, -0.1) is 0 Å². The number of aromatic nitrogens is 1. The summed E-state index contributed by atoms with van der Waals surface area (Å²) in [5.41, 5.74) is 0.967. The molecular formula is C10H11NO3. The normalized spacial score (nSPS) is 25.4. The van der Waals surface area contributed by atoms with Gasteiger partial charge in [0, 0.05) is 17.7 Å². The third-order valence-corrected chi connectivity index (χ3v) is 2.62. The van der Waals surface area contributed by atoms with Crippen LogP contribution in [-0.2, 0) is 4.74 Å². The molecule has 0 saturated carbocycles. The van der Waals surface area contributed by atoms with E-state index in [1.54, 1.807) is 0 Å². The van der Waals surface area contributed by atoms with E-state index in [0.717, 1.165) is 0 Å². The van der Waals surface area contributed by atoms with Crippen LogP contribution in [0, 0.1) is 0 Å². The first-order chi connectivity index (χ1) is 6.59. The zero-order valence-corrected chi connectivity index (χ0v) is 8.03. The minimum Gasteiger partial charge on any atom is -0.458 e. The molecule has 4 heteroatoms. The molecule has 0 amide bonds. The quantitative estimate of drug-likeness (QED) is 0.626. The Kier molecular flexibility index (Phi) is 1.91. The Bertz CT molecular complexity index is 435. The lowest BCUT2D eigenvalue weighted by atomic mass is 9.94. The molecule has 1 aromatic rings. The van der Waals surface area contributed by atoms with Crippen molar-refractivity contribution in [3.63, 3.8) is 0 Å². The zero-order valence-electron chi connectivity index (χ0n) is 8.03. The van der Waals surface area contributed by atoms with Crippen LogP contribution in [0.2, 0.25) is 0 Å². The Hall–Kier alpha value is -1.58. The lowest BCUT2D eigenvalue weighted by Crippen LogP contribution is -2.31. The highest BCUT2D eigenvalue weighted by molar-refractivity contribution is 5.91. The van der Waals surface area contributed by atoms with Crippen molar-refractivity contribution in [2.24, 2.45) is 0 Å². The number of carbonyl (C=O) groups excluding carboxylic acids is 1. The predicted octanol–water partition coefficient (Wildman–Crippen LogP) is 1.04. The molecule has 0 bridgehead atoms. The molecule has 0 aliphatic carbocycles. The average molecular weight is 193 g/mol. The van der Waals surface area contributed by atoms with Crippen LogP contribution in [-0.4, -0.2) is 17.1 Å². The summed E-state index contributed by atoms with van der Waals surface area (Å²) >= 11 is 0. The SMILES string of the molecule is CC1OC(=O)c2ccc(=O)[nH]c2C1C. The molecule has 1 aliphatic rings. The second-order valence-corrected chi connectivity index (χ2v) is 3.55. The topological polar surface area (TPSA) is 59.2 Å². The molecule has 2 unspecified atom stereocenters. The smallest absolute Gasteiger partial charge is 0.340 e. The number of esters is 1. The van der Waals surface area contributed by atoms with E-state index in [1.165, 1.54) is 12.1 Å². The van der Waals surface area contributed by atoms with Crippen LogP contribution in [0.4, 0.5) is 0 Å². The molecule has 2 atom stereocenters. The van der Waals surface area contributed by atoms with Crippen LogP contribution in [0.15, 0.2) is 16.9 Å². The summed E-state index contributed by atoms with van der Waals surface area (Å²) in [4.78, 5) is 25.2. The predicted molar refractivity (Wildman–Crippen MR) is 50.4 cm³/mol. The van der Waals surface area contributed by atoms with Gasteiger partial charge >= 0.3 is 5.97 Å². The first kappa shape index (κ1) is 8.99. The van der Waals surface area contributed by atoms with Gasteiger partial charge in [-0.2, -0.15) is 0 Å². The number of carbonyl (C=O) groups is 1. The molecule has 0 saturated heterocycles. The number of nitrogens with one attached hydrogen (secondary N) is 1. The molecule has 74 valence electrons. The Balaban J connectivity index is 2.62. The molecule has 1 aliphatic heterocycles. The van der Waals surface area contributed by atoms with E-state index in [9.17, 15) is 9.59 Å². The number of hydrogen-bond donors (Lipinski definition) is 1. The zero-order chi connectivity index (χ0) is 10.3. The standard InChI is InChI=1S/C10H11NO3/c1-5-6(2)14-10(13)7-3-4-8(12)11-9(5)7/h3-6H,1-2H3,(H,11,12). The molecule has 4 nitrogen and oxygen atoms in total. The fourth-order valence-corrected chi connectivity index (χ4v) is 1.60. The van der Waals surface area contributed by atoms with Gasteiger partial charge in [0.25, 0.3) is 0 Å². The molecular weight excluding hydrogens is 182 g/mol. The van der Waals surface area contributed by atoms with E-state index in [2.05, 4.69) is 4.98 Å². The number of ether oxygens (including phenoxy) is 1. The average Bonchev–Trinajstić information content (AvgIpc) is 2.14. The first-order valence-electron chi connectivity index (χ1n) is 4.54. The van der Waals surface area contributed by atoms with Gasteiger partial charge in [-0.1, -0.05) is 6.92 Å². The van der Waals surface area contributed by atoms with E-state index >= 15 is 0 Å². The fourth-order valence-electron chi connectivity index (χ4n) is 1.60. The second kappa shape index (κ2) is 2.97. The first-order valence-corrected chi connectivity index (χ1v) is 4.54. The monoisotopic (exact) mass is 193 g/mol. The fraction of sp³-hybridized carbons (Fsp3) is 0.400. The van der Waals surface area contributed by atoms with Crippen molar-refractivity contribution >= 4 is 5.97 Å². The summed E-state index contributed by atoms with van der Waals surface area (Å²) in [6.45, 7) is 3.74. The van der Waals surface area contributed by atoms with Crippen molar-refractivity contribution in [1.82, 2.24) is 4.98 Å². The lowest BCUT2D eigenvalue weighted by molar-refractivity contribution is 0.0234. The van der Waals surface area contributed by atoms with Crippen LogP contribution in [0.1, 0.15) is 35.8 Å². The largest absolute Gasteiger partial charge is 0.458 e. The lowest BCUT2D eigenvalue weighted by Gasteiger charge is -2.27. The molecule has 0 aromatic carbocycles. The molecule has 1 N–H and O–H groups in total. The maximum atomic E-state index is 11.4. The van der Waals surface area contributed by atoms with Gasteiger partial charge in [0.15, 0.2) is 0 Å². The van der Waals surface area contributed by atoms with Crippen molar-refractivity contribution in [3.8, 4) is 0 Å². The molecule has 0 radical (unpaired) electrons. The molecule has 0 spiro atoms. The maximum absolute atomic E-state index is 11.4. The highest BCUT2D eigenvalue weighted by Crippen LogP contribution is 2.27. The number of pyridine rings is 1. The van der Waals surface area contributed by atoms with Gasteiger partial charge in [0.05, 0.1) is 5.56 Å². The van der Waals surface area contributed by atoms with Crippen LogP contribution in [0.25, 0.3) is 0 Å². The van der Waals surface area contributed by atoms with Crippen LogP contribution < -0.4 is 5.56 Å². The van der Waals surface area contributed by atoms with Gasteiger partial charge in [-0.05, 0) is 13.0 Å². The van der Waals surface area contributed by atoms with E-state index in [0.29, 0.717) is 11.3 Å². The van der Waals surface area contributed by atoms with Crippen LogP contribution in [0.5, 0.6) is 0 Å². The van der Waals surface area contributed by atoms with Crippen LogP contribution in [0.3, 0.4) is 0 Å². The van der Waals surface area contributed by atoms with Crippen molar-refractivity contribution in [3.05, 3.63) is 33.7 Å². The Labute approximate surface area is 80.9 Å². The molecule has 0 fully saturated rings. The van der Waals surface area contributed by atoms with Gasteiger partial charge in [-0.3, -0.25) is 4.79 Å². The summed E-state index contributed by atoms with van der Waals surface area (Å²) in [6, 6.07) is 2.85. The van der Waals surface area contributed by atoms with Gasteiger partial charge < -0.3 is 9.72 Å². The summed E-state index contributed by atoms with van der Waals surface area (Å²) in [6.07, 6.45) is -0.187. The highest BCUT2D eigenvalue weighted by atomic mass is 16.5. The summed E-state index contributed by atoms with van der Waals surface area (Å²) in [5.74, 6) is -0.321. The Morgan fingerprint density at radius 2 is 2.00 bits per heavy atom. The number of rotatable bonds is 0. The number of hydrogen-bond acceptors (Lipinski definition) is 3. The minimum atomic E-state index is -0.359. The van der Waals surface area contributed by atoms with E-state index in [-0.39, 0.29) is 23.6 Å². The number of H-pyrrole nitrogens is 1. The van der Waals surface area contributed by atoms with E-state index in [1.807, 2.05) is 13.8 Å². The summed E-state index contributed by atoms with van der Waals surface area (Å²) in [5, 5.41) is 0. The molecule has 14 heavy (non-hydrogen) atoms. The van der Waals surface area contributed by atoms with E-state index in [4.69, 9.17) is 4.74 Å². The highest BCUT2D eigenvalue weighted by Gasteiger charge is 2.30. The van der Waals surface area contributed by atoms with Crippen molar-refractivity contribution in [2.75, 3.05) is 0 Å². The Morgan fingerprint density at radius 3 is 2.71 bits per heavy atom. The summed E-state index contributed by atoms with van der Waals surface area (Å²) in [7, 11) is 0. The van der Waals surface area contributed by atoms with Crippen molar-refractivity contribution in [1.29, 1.82) is 0 Å². The van der Waals surface area contributed by atoms with Gasteiger partial charge in [0.2, 0.25) is 5.56 Å². The molecule has 2 rings (SSSR count). The third-order valence-electron chi connectivity index (χ3n) is 2.62. The molecule has 1 aromatic heterocycles. The number of aromatic amines is 1. The third kappa shape index (κ3) is 1.23. The maximum Gasteiger partial charge on any atom is 0.340 e. The van der Waals surface area contributed by atoms with Crippen molar-refractivity contribution in [2.45, 2.75) is 25.9 Å². The summed E-state index contributed by atoms with van der Waals surface area (Å²) < 4.78 is 5.10. The van der Waals surface area contributed by atoms with E-state index < -0.39 is 0 Å². The second-order valence-electron chi connectivity index (χ2n) is 3.55. The molecule has 2 heterocycles. The number of fused-ring (bicyclic) bond motifs is 1.